The van der Waals surface area contributed by atoms with Gasteiger partial charge < -0.3 is 14.5 Å². The van der Waals surface area contributed by atoms with Gasteiger partial charge in [-0.15, -0.1) is 17.9 Å². The molecule has 38 heavy (non-hydrogen) atoms. The number of thiophene rings is 1. The summed E-state index contributed by atoms with van der Waals surface area (Å²) in [6.45, 7) is 13.4. The minimum atomic E-state index is -0.524. The Hall–Kier alpha value is -3.38. The summed E-state index contributed by atoms with van der Waals surface area (Å²) in [5.74, 6) is 0.357. The maximum Gasteiger partial charge on any atom is 0.376 e. The Balaban J connectivity index is 1.54. The number of carbonyl (C=O) groups is 2. The van der Waals surface area contributed by atoms with E-state index in [1.807, 2.05) is 24.0 Å². The van der Waals surface area contributed by atoms with E-state index < -0.39 is 5.97 Å². The maximum absolute atomic E-state index is 12.8. The maximum atomic E-state index is 12.8. The first-order chi connectivity index (χ1) is 18.5. The monoisotopic (exact) mass is 543 g/mol. The van der Waals surface area contributed by atoms with Crippen LogP contribution in [-0.4, -0.2) is 84.4 Å². The first-order valence-corrected chi connectivity index (χ1v) is 13.8. The summed E-state index contributed by atoms with van der Waals surface area (Å²) >= 11 is 1.57. The summed E-state index contributed by atoms with van der Waals surface area (Å²) in [5.41, 5.74) is 0. The van der Waals surface area contributed by atoms with E-state index in [1.165, 1.54) is 10.0 Å². The van der Waals surface area contributed by atoms with Crippen molar-refractivity contribution < 1.29 is 19.2 Å². The normalized spacial score (nSPS) is 14.1. The van der Waals surface area contributed by atoms with Crippen LogP contribution in [0, 0.1) is 0 Å². The van der Waals surface area contributed by atoms with Gasteiger partial charge in [-0.25, -0.2) is 14.8 Å². The second-order valence-corrected chi connectivity index (χ2v) is 9.60. The van der Waals surface area contributed by atoms with Crippen molar-refractivity contribution in [2.45, 2.75) is 40.0 Å². The number of fused-ring (bicyclic) bond motifs is 1. The number of anilines is 1. The fourth-order valence-electron chi connectivity index (χ4n) is 3.86. The quantitative estimate of drug-likeness (QED) is 0.114. The van der Waals surface area contributed by atoms with Gasteiger partial charge in [0.15, 0.2) is 0 Å². The van der Waals surface area contributed by atoms with Crippen LogP contribution < -0.4 is 4.90 Å². The molecule has 206 valence electrons. The molecule has 11 nitrogen and oxygen atoms in total. The number of hydrogen-bond acceptors (Lipinski definition) is 10. The summed E-state index contributed by atoms with van der Waals surface area (Å²) in [6.07, 6.45) is 7.31. The Morgan fingerprint density at radius 3 is 2.71 bits per heavy atom. The number of allylic oxidation sites excluding steroid dienone is 1. The van der Waals surface area contributed by atoms with Gasteiger partial charge in [-0.3, -0.25) is 9.63 Å². The third-order valence-electron chi connectivity index (χ3n) is 5.81. The molecule has 0 aromatic carbocycles. The lowest BCUT2D eigenvalue weighted by Gasteiger charge is -2.35. The number of hydrogen-bond donors (Lipinski definition) is 0. The Morgan fingerprint density at radius 1 is 1.24 bits per heavy atom. The van der Waals surface area contributed by atoms with Crippen LogP contribution in [0.25, 0.3) is 10.2 Å². The number of ether oxygens (including phenoxy) is 1. The zero-order valence-electron chi connectivity index (χ0n) is 22.5. The average Bonchev–Trinajstić information content (AvgIpc) is 3.36. The van der Waals surface area contributed by atoms with Gasteiger partial charge in [0, 0.05) is 37.5 Å². The molecule has 1 aliphatic rings. The minimum Gasteiger partial charge on any atom is -0.460 e. The zero-order chi connectivity index (χ0) is 27.3. The van der Waals surface area contributed by atoms with Crippen molar-refractivity contribution in [1.29, 1.82) is 0 Å². The predicted molar refractivity (Wildman–Crippen MR) is 148 cm³/mol. The van der Waals surface area contributed by atoms with E-state index in [9.17, 15) is 9.59 Å². The summed E-state index contributed by atoms with van der Waals surface area (Å²) in [6, 6.07) is 2.09. The summed E-state index contributed by atoms with van der Waals surface area (Å²) in [5, 5.41) is 10.4. The fraction of sp³-hybridized carbons (Fsp3) is 0.538. The third kappa shape index (κ3) is 8.06. The minimum absolute atomic E-state index is 0.0734. The number of aryl methyl sites for hydroxylation is 1. The van der Waals surface area contributed by atoms with E-state index in [0.29, 0.717) is 58.7 Å². The second-order valence-electron chi connectivity index (χ2n) is 8.49. The molecule has 0 saturated carbocycles. The number of amides is 1. The first kappa shape index (κ1) is 29.2. The van der Waals surface area contributed by atoms with Crippen LogP contribution in [0.15, 0.2) is 41.2 Å². The van der Waals surface area contributed by atoms with Crippen LogP contribution in [0.3, 0.4) is 0 Å². The van der Waals surface area contributed by atoms with Gasteiger partial charge in [-0.1, -0.05) is 25.2 Å². The van der Waals surface area contributed by atoms with E-state index in [4.69, 9.17) is 9.57 Å². The van der Waals surface area contributed by atoms with E-state index in [-0.39, 0.29) is 18.3 Å². The lowest BCUT2D eigenvalue weighted by atomic mass is 10.2. The van der Waals surface area contributed by atoms with Crippen LogP contribution in [0.4, 0.5) is 5.82 Å². The van der Waals surface area contributed by atoms with Gasteiger partial charge in [-0.2, -0.15) is 10.3 Å². The standard InChI is InChI=1S/C26H37N7O4S/c1-5-9-12-27-30-33(13-6-2)37-18-10-11-22(34)31-14-16-32(17-15-31)24-21-19-20(7-3)38-25(21)29-23(28-24)26(35)36-8-4/h5-6,9,19H,2,7-8,10-18H2,1,3-4H3/b9-5-,30-27?. The molecule has 0 aliphatic carbocycles. The van der Waals surface area contributed by atoms with Crippen molar-refractivity contribution in [3.05, 3.63) is 41.6 Å². The van der Waals surface area contributed by atoms with E-state index in [0.717, 1.165) is 22.5 Å². The molecule has 3 heterocycles. The number of aromatic nitrogens is 2. The summed E-state index contributed by atoms with van der Waals surface area (Å²) < 4.78 is 5.14. The highest BCUT2D eigenvalue weighted by Gasteiger charge is 2.25. The number of carbonyl (C=O) groups excluding carboxylic acids is 2. The molecule has 0 radical (unpaired) electrons. The smallest absolute Gasteiger partial charge is 0.376 e. The zero-order valence-corrected chi connectivity index (χ0v) is 23.3. The molecule has 1 saturated heterocycles. The largest absolute Gasteiger partial charge is 0.460 e. The molecule has 1 fully saturated rings. The van der Waals surface area contributed by atoms with Crippen molar-refractivity contribution in [3.63, 3.8) is 0 Å². The molecule has 0 spiro atoms. The Labute approximate surface area is 227 Å². The van der Waals surface area contributed by atoms with Crippen LogP contribution in [0.2, 0.25) is 0 Å². The number of nitrogens with zero attached hydrogens (tertiary/aromatic N) is 7. The van der Waals surface area contributed by atoms with Crippen molar-refractivity contribution in [3.8, 4) is 0 Å². The molecular formula is C26H37N7O4S. The van der Waals surface area contributed by atoms with Gasteiger partial charge in [0.2, 0.25) is 11.7 Å². The van der Waals surface area contributed by atoms with Crippen LogP contribution in [0.5, 0.6) is 0 Å². The fourth-order valence-corrected chi connectivity index (χ4v) is 4.82. The third-order valence-corrected chi connectivity index (χ3v) is 6.98. The molecular weight excluding hydrogens is 506 g/mol. The van der Waals surface area contributed by atoms with E-state index in [1.54, 1.807) is 24.3 Å². The predicted octanol–water partition coefficient (Wildman–Crippen LogP) is 4.22. The van der Waals surface area contributed by atoms with Gasteiger partial charge >= 0.3 is 5.97 Å². The lowest BCUT2D eigenvalue weighted by Crippen LogP contribution is -2.49. The van der Waals surface area contributed by atoms with Crippen molar-refractivity contribution >= 4 is 39.2 Å². The van der Waals surface area contributed by atoms with E-state index >= 15 is 0 Å². The summed E-state index contributed by atoms with van der Waals surface area (Å²) in [7, 11) is 0. The Morgan fingerprint density at radius 2 is 2.03 bits per heavy atom. The highest BCUT2D eigenvalue weighted by molar-refractivity contribution is 7.18. The second kappa shape index (κ2) is 15.1. The van der Waals surface area contributed by atoms with Gasteiger partial charge in [0.1, 0.15) is 10.6 Å². The molecule has 0 unspecified atom stereocenters. The molecule has 0 N–H and O–H groups in total. The van der Waals surface area contributed by atoms with E-state index in [2.05, 4.69) is 44.8 Å². The average molecular weight is 544 g/mol. The molecule has 1 aliphatic heterocycles. The van der Waals surface area contributed by atoms with Crippen LogP contribution in [-0.2, 0) is 20.8 Å². The van der Waals surface area contributed by atoms with Crippen LogP contribution in [0.1, 0.15) is 49.1 Å². The van der Waals surface area contributed by atoms with Gasteiger partial charge in [0.25, 0.3) is 0 Å². The molecule has 12 heteroatoms. The Kier molecular flexibility index (Phi) is 11.6. The van der Waals surface area contributed by atoms with Crippen LogP contribution >= 0.6 is 11.3 Å². The number of esters is 1. The van der Waals surface area contributed by atoms with Crippen molar-refractivity contribution in [1.82, 2.24) is 20.0 Å². The number of piperazine rings is 1. The molecule has 0 bridgehead atoms. The SMILES string of the molecule is C=CCN(N=NC/C=C\C)OCCCC(=O)N1CCN(c2nc(C(=O)OCC)nc3sc(CC)cc23)CC1. The highest BCUT2D eigenvalue weighted by atomic mass is 32.1. The topological polar surface area (TPSA) is 113 Å². The van der Waals surface area contributed by atoms with Crippen molar-refractivity contribution in [2.24, 2.45) is 10.3 Å². The summed E-state index contributed by atoms with van der Waals surface area (Å²) in [4.78, 5) is 45.8. The van der Waals surface area contributed by atoms with Crippen molar-refractivity contribution in [2.75, 3.05) is 57.4 Å². The number of rotatable bonds is 14. The lowest BCUT2D eigenvalue weighted by molar-refractivity contribution is -0.160. The molecule has 0 atom stereocenters. The van der Waals surface area contributed by atoms with Gasteiger partial charge in [0.05, 0.1) is 31.7 Å². The molecule has 2 aromatic rings. The first-order valence-electron chi connectivity index (χ1n) is 13.0. The molecule has 1 amide bonds. The Bertz CT molecular complexity index is 1140. The number of hydroxylamine groups is 1. The van der Waals surface area contributed by atoms with Gasteiger partial charge in [-0.05, 0) is 38.0 Å². The highest BCUT2D eigenvalue weighted by Crippen LogP contribution is 2.32. The molecule has 3 rings (SSSR count). The molecule has 2 aromatic heterocycles.